The second kappa shape index (κ2) is 15.4. The van der Waals surface area contributed by atoms with Crippen LogP contribution in [0.4, 0.5) is 17.6 Å². The third-order valence-electron chi connectivity index (χ3n) is 8.90. The molecule has 1 saturated carbocycles. The Balaban J connectivity index is 1.40. The fourth-order valence-corrected chi connectivity index (χ4v) is 6.33. The molecule has 0 aliphatic heterocycles. The number of hydrogen-bond donors (Lipinski definition) is 0. The van der Waals surface area contributed by atoms with Crippen molar-refractivity contribution in [3.8, 4) is 22.3 Å². The van der Waals surface area contributed by atoms with Crippen LogP contribution in [0.15, 0.2) is 61.2 Å². The molecule has 41 heavy (non-hydrogen) atoms. The van der Waals surface area contributed by atoms with Gasteiger partial charge in [-0.1, -0.05) is 100 Å². The summed E-state index contributed by atoms with van der Waals surface area (Å²) in [6.45, 7) is 5.98. The molecule has 0 nitrogen and oxygen atoms in total. The minimum atomic E-state index is -0.862. The van der Waals surface area contributed by atoms with Gasteiger partial charge in [0.2, 0.25) is 0 Å². The van der Waals surface area contributed by atoms with Crippen LogP contribution < -0.4 is 0 Å². The third kappa shape index (κ3) is 7.90. The lowest BCUT2D eigenvalue weighted by Gasteiger charge is -2.29. The summed E-state index contributed by atoms with van der Waals surface area (Å²) in [7, 11) is 0. The topological polar surface area (TPSA) is 0 Å². The molecule has 0 spiro atoms. The molecule has 0 atom stereocenters. The number of aryl methyl sites for hydroxylation is 1. The summed E-state index contributed by atoms with van der Waals surface area (Å²) in [5.41, 5.74) is 2.20. The molecule has 1 aliphatic carbocycles. The maximum atomic E-state index is 15.2. The second-order valence-electron chi connectivity index (χ2n) is 11.8. The van der Waals surface area contributed by atoms with Gasteiger partial charge in [-0.05, 0) is 85.5 Å². The van der Waals surface area contributed by atoms with Crippen molar-refractivity contribution in [2.45, 2.75) is 103 Å². The minimum Gasteiger partial charge on any atom is -0.203 e. The Labute approximate surface area is 243 Å². The number of halogens is 4. The zero-order valence-electron chi connectivity index (χ0n) is 24.5. The Bertz CT molecular complexity index is 1270. The fraction of sp³-hybridized carbons (Fsp3) is 0.459. The van der Waals surface area contributed by atoms with Crippen LogP contribution in [0.2, 0.25) is 0 Å². The van der Waals surface area contributed by atoms with E-state index in [0.717, 1.165) is 57.8 Å². The van der Waals surface area contributed by atoms with Crippen molar-refractivity contribution in [3.05, 3.63) is 95.6 Å². The summed E-state index contributed by atoms with van der Waals surface area (Å²) < 4.78 is 60.3. The Morgan fingerprint density at radius 2 is 1.22 bits per heavy atom. The van der Waals surface area contributed by atoms with E-state index in [0.29, 0.717) is 34.6 Å². The molecule has 4 heteroatoms. The van der Waals surface area contributed by atoms with Gasteiger partial charge in [-0.15, -0.1) is 6.58 Å². The first-order chi connectivity index (χ1) is 19.9. The standard InChI is InChI=1S/C37H44F4/c1-3-5-7-8-9-10-11-13-30-22-23-31(35(39)34(30)38)28-18-20-29(21-19-28)33-25-24-32(36(40)37(33)41)27-16-14-26(15-17-27)12-6-4-2/h4,18-27H,2-3,5-17H2,1H3. The predicted molar refractivity (Wildman–Crippen MR) is 163 cm³/mol. The maximum Gasteiger partial charge on any atom is 0.166 e. The molecule has 4 rings (SSSR count). The Hall–Kier alpha value is -2.88. The van der Waals surface area contributed by atoms with E-state index in [1.165, 1.54) is 25.7 Å². The van der Waals surface area contributed by atoms with E-state index in [1.54, 1.807) is 48.5 Å². The lowest BCUT2D eigenvalue weighted by Crippen LogP contribution is -2.15. The van der Waals surface area contributed by atoms with Crippen molar-refractivity contribution in [1.82, 2.24) is 0 Å². The molecule has 1 fully saturated rings. The average molecular weight is 565 g/mol. The van der Waals surface area contributed by atoms with Crippen LogP contribution in [0.3, 0.4) is 0 Å². The molecule has 0 radical (unpaired) electrons. The van der Waals surface area contributed by atoms with E-state index in [1.807, 2.05) is 6.08 Å². The van der Waals surface area contributed by atoms with Crippen LogP contribution in [-0.4, -0.2) is 0 Å². The van der Waals surface area contributed by atoms with Gasteiger partial charge < -0.3 is 0 Å². The number of benzene rings is 3. The van der Waals surface area contributed by atoms with Gasteiger partial charge in [0.05, 0.1) is 0 Å². The van der Waals surface area contributed by atoms with E-state index in [-0.39, 0.29) is 17.0 Å². The van der Waals surface area contributed by atoms with Crippen LogP contribution >= 0.6 is 0 Å². The molecule has 3 aromatic rings. The summed E-state index contributed by atoms with van der Waals surface area (Å²) in [6, 6.07) is 13.2. The summed E-state index contributed by atoms with van der Waals surface area (Å²) in [5.74, 6) is -2.61. The molecule has 0 aromatic heterocycles. The zero-order valence-corrected chi connectivity index (χ0v) is 24.5. The van der Waals surface area contributed by atoms with Crippen LogP contribution in [0.1, 0.15) is 107 Å². The van der Waals surface area contributed by atoms with Gasteiger partial charge in [-0.2, -0.15) is 0 Å². The molecular weight excluding hydrogens is 520 g/mol. The summed E-state index contributed by atoms with van der Waals surface area (Å²) in [6.07, 6.45) is 16.2. The fourth-order valence-electron chi connectivity index (χ4n) is 6.33. The quantitative estimate of drug-likeness (QED) is 0.104. The van der Waals surface area contributed by atoms with Gasteiger partial charge in [0.1, 0.15) is 0 Å². The number of unbranched alkanes of at least 4 members (excludes halogenated alkanes) is 6. The number of hydrogen-bond acceptors (Lipinski definition) is 0. The maximum absolute atomic E-state index is 15.2. The zero-order chi connectivity index (χ0) is 29.2. The second-order valence-corrected chi connectivity index (χ2v) is 11.8. The monoisotopic (exact) mass is 564 g/mol. The van der Waals surface area contributed by atoms with Crippen molar-refractivity contribution in [1.29, 1.82) is 0 Å². The van der Waals surface area contributed by atoms with Crippen molar-refractivity contribution in [3.63, 3.8) is 0 Å². The normalized spacial score (nSPS) is 17.1. The minimum absolute atomic E-state index is 0.0348. The van der Waals surface area contributed by atoms with Crippen molar-refractivity contribution in [2.75, 3.05) is 0 Å². The lowest BCUT2D eigenvalue weighted by atomic mass is 9.77. The van der Waals surface area contributed by atoms with E-state index in [9.17, 15) is 4.39 Å². The highest BCUT2D eigenvalue weighted by atomic mass is 19.2. The molecule has 1 aliphatic rings. The number of allylic oxidation sites excluding steroid dienone is 1. The highest BCUT2D eigenvalue weighted by Gasteiger charge is 2.26. The Kier molecular flexibility index (Phi) is 11.7. The summed E-state index contributed by atoms with van der Waals surface area (Å²) in [5, 5.41) is 0. The number of rotatable bonds is 14. The summed E-state index contributed by atoms with van der Waals surface area (Å²) >= 11 is 0. The van der Waals surface area contributed by atoms with Crippen LogP contribution in [0.25, 0.3) is 22.3 Å². The van der Waals surface area contributed by atoms with Gasteiger partial charge in [0.25, 0.3) is 0 Å². The van der Waals surface area contributed by atoms with E-state index < -0.39 is 23.3 Å². The summed E-state index contributed by atoms with van der Waals surface area (Å²) in [4.78, 5) is 0. The highest BCUT2D eigenvalue weighted by molar-refractivity contribution is 5.71. The molecule has 0 heterocycles. The Morgan fingerprint density at radius 1 is 0.659 bits per heavy atom. The molecule has 0 bridgehead atoms. The highest BCUT2D eigenvalue weighted by Crippen LogP contribution is 2.40. The van der Waals surface area contributed by atoms with Gasteiger partial charge >= 0.3 is 0 Å². The van der Waals surface area contributed by atoms with Crippen molar-refractivity contribution in [2.24, 2.45) is 5.92 Å². The Morgan fingerprint density at radius 3 is 1.83 bits per heavy atom. The molecule has 220 valence electrons. The molecule has 0 amide bonds. The van der Waals surface area contributed by atoms with Gasteiger partial charge in [0, 0.05) is 11.1 Å². The first-order valence-corrected chi connectivity index (χ1v) is 15.6. The average Bonchev–Trinajstić information content (AvgIpc) is 2.99. The van der Waals surface area contributed by atoms with Gasteiger partial charge in [-0.25, -0.2) is 17.6 Å². The van der Waals surface area contributed by atoms with E-state index >= 15 is 13.2 Å². The molecule has 0 unspecified atom stereocenters. The first-order valence-electron chi connectivity index (χ1n) is 15.6. The predicted octanol–water partition coefficient (Wildman–Crippen LogP) is 12.1. The smallest absolute Gasteiger partial charge is 0.166 e. The molecular formula is C37H44F4. The van der Waals surface area contributed by atoms with Crippen LogP contribution in [0, 0.1) is 29.2 Å². The lowest BCUT2D eigenvalue weighted by molar-refractivity contribution is 0.306. The van der Waals surface area contributed by atoms with Crippen LogP contribution in [-0.2, 0) is 6.42 Å². The van der Waals surface area contributed by atoms with Gasteiger partial charge in [-0.3, -0.25) is 0 Å². The largest absolute Gasteiger partial charge is 0.203 e. The van der Waals surface area contributed by atoms with E-state index in [2.05, 4.69) is 13.5 Å². The first kappa shape index (κ1) is 31.1. The SMILES string of the molecule is C=CCCC1CCC(c2ccc(-c3ccc(-c4ccc(CCCCCCCCC)c(F)c4F)cc3)c(F)c2F)CC1. The third-order valence-corrected chi connectivity index (χ3v) is 8.90. The van der Waals surface area contributed by atoms with Crippen molar-refractivity contribution >= 4 is 0 Å². The van der Waals surface area contributed by atoms with Gasteiger partial charge in [0.15, 0.2) is 23.3 Å². The molecule has 0 N–H and O–H groups in total. The molecule has 3 aromatic carbocycles. The van der Waals surface area contributed by atoms with Crippen molar-refractivity contribution < 1.29 is 17.6 Å². The van der Waals surface area contributed by atoms with E-state index in [4.69, 9.17) is 0 Å². The van der Waals surface area contributed by atoms with Crippen LogP contribution in [0.5, 0.6) is 0 Å². The molecule has 0 saturated heterocycles.